The molecule has 2 aromatic carbocycles. The van der Waals surface area contributed by atoms with E-state index in [1.54, 1.807) is 12.1 Å². The monoisotopic (exact) mass is 419 g/mol. The molecule has 7 heteroatoms. The molecule has 2 aliphatic heterocycles. The van der Waals surface area contributed by atoms with Crippen LogP contribution < -0.4 is 9.47 Å². The number of halogens is 3. The second kappa shape index (κ2) is 8.30. The number of piperidine rings is 1. The van der Waals surface area contributed by atoms with Gasteiger partial charge in [-0.2, -0.15) is 13.2 Å². The standard InChI is InChI=1S/C23H24F3NO3/c24-23(25,26)18-4-1-3-17(13-18)15-29-19-5-6-21-20(14-19)22(16-30-21)7-10-27(11-8-22)9-2-12-28/h1,3-6,12-14H,2,7-11,15-16H2. The predicted molar refractivity (Wildman–Crippen MR) is 106 cm³/mol. The lowest BCUT2D eigenvalue weighted by Crippen LogP contribution is -2.43. The number of carbonyl (C=O) groups is 1. The van der Waals surface area contributed by atoms with Gasteiger partial charge in [0.2, 0.25) is 0 Å². The molecule has 2 heterocycles. The van der Waals surface area contributed by atoms with E-state index in [0.29, 0.717) is 24.3 Å². The Kier molecular flexibility index (Phi) is 5.73. The number of nitrogens with zero attached hydrogens (tertiary/aromatic N) is 1. The number of fused-ring (bicyclic) bond motifs is 2. The van der Waals surface area contributed by atoms with Crippen LogP contribution in [0.2, 0.25) is 0 Å². The lowest BCUT2D eigenvalue weighted by atomic mass is 9.74. The number of ether oxygens (including phenoxy) is 2. The minimum absolute atomic E-state index is 0.0655. The maximum Gasteiger partial charge on any atom is 0.416 e. The molecule has 0 amide bonds. The Morgan fingerprint density at radius 3 is 2.67 bits per heavy atom. The van der Waals surface area contributed by atoms with Gasteiger partial charge in [-0.05, 0) is 61.8 Å². The van der Waals surface area contributed by atoms with E-state index >= 15 is 0 Å². The highest BCUT2D eigenvalue weighted by Gasteiger charge is 2.43. The molecule has 0 radical (unpaired) electrons. The molecule has 0 atom stereocenters. The van der Waals surface area contributed by atoms with Gasteiger partial charge in [0.15, 0.2) is 0 Å². The first-order chi connectivity index (χ1) is 14.4. The smallest absolute Gasteiger partial charge is 0.416 e. The van der Waals surface area contributed by atoms with Gasteiger partial charge in [-0.3, -0.25) is 0 Å². The van der Waals surface area contributed by atoms with Crippen molar-refractivity contribution < 1.29 is 27.4 Å². The minimum Gasteiger partial charge on any atom is -0.492 e. The average molecular weight is 419 g/mol. The molecular formula is C23H24F3NO3. The first-order valence-electron chi connectivity index (χ1n) is 10.1. The van der Waals surface area contributed by atoms with E-state index in [-0.39, 0.29) is 12.0 Å². The van der Waals surface area contributed by atoms with Crippen molar-refractivity contribution in [2.75, 3.05) is 26.2 Å². The van der Waals surface area contributed by atoms with Crippen LogP contribution in [0.3, 0.4) is 0 Å². The molecular weight excluding hydrogens is 395 g/mol. The molecule has 0 N–H and O–H groups in total. The van der Waals surface area contributed by atoms with E-state index in [0.717, 1.165) is 62.2 Å². The van der Waals surface area contributed by atoms with Gasteiger partial charge in [-0.25, -0.2) is 0 Å². The third-order valence-electron chi connectivity index (χ3n) is 6.06. The lowest BCUT2D eigenvalue weighted by molar-refractivity contribution is -0.137. The van der Waals surface area contributed by atoms with Crippen LogP contribution in [0.4, 0.5) is 13.2 Å². The molecule has 160 valence electrons. The SMILES string of the molecule is O=CCCN1CCC2(CC1)COc1ccc(OCc3cccc(C(F)(F)F)c3)cc12. The summed E-state index contributed by atoms with van der Waals surface area (Å²) in [7, 11) is 0. The molecule has 2 aromatic rings. The summed E-state index contributed by atoms with van der Waals surface area (Å²) < 4.78 is 50.5. The molecule has 30 heavy (non-hydrogen) atoms. The van der Waals surface area contributed by atoms with Crippen molar-refractivity contribution in [3.8, 4) is 11.5 Å². The molecule has 0 unspecified atom stereocenters. The van der Waals surface area contributed by atoms with Crippen molar-refractivity contribution in [1.82, 2.24) is 4.90 Å². The molecule has 1 spiro atoms. The fourth-order valence-corrected chi connectivity index (χ4v) is 4.29. The number of hydrogen-bond donors (Lipinski definition) is 0. The van der Waals surface area contributed by atoms with Gasteiger partial charge in [-0.1, -0.05) is 12.1 Å². The van der Waals surface area contributed by atoms with Crippen LogP contribution in [-0.4, -0.2) is 37.4 Å². The fraction of sp³-hybridized carbons (Fsp3) is 0.435. The number of hydrogen-bond acceptors (Lipinski definition) is 4. The van der Waals surface area contributed by atoms with Crippen molar-refractivity contribution in [2.45, 2.75) is 37.5 Å². The van der Waals surface area contributed by atoms with Gasteiger partial charge in [0, 0.05) is 23.9 Å². The zero-order valence-electron chi connectivity index (χ0n) is 16.6. The highest BCUT2D eigenvalue weighted by Crippen LogP contribution is 2.46. The largest absolute Gasteiger partial charge is 0.492 e. The van der Waals surface area contributed by atoms with E-state index in [1.165, 1.54) is 6.07 Å². The van der Waals surface area contributed by atoms with Gasteiger partial charge in [-0.15, -0.1) is 0 Å². The van der Waals surface area contributed by atoms with Gasteiger partial charge >= 0.3 is 6.18 Å². The lowest BCUT2D eigenvalue weighted by Gasteiger charge is -2.38. The summed E-state index contributed by atoms with van der Waals surface area (Å²) in [6, 6.07) is 10.8. The Hall–Kier alpha value is -2.54. The van der Waals surface area contributed by atoms with Crippen LogP contribution in [0.5, 0.6) is 11.5 Å². The first kappa shape index (κ1) is 20.7. The summed E-state index contributed by atoms with van der Waals surface area (Å²) in [5, 5.41) is 0. The van der Waals surface area contributed by atoms with E-state index in [4.69, 9.17) is 9.47 Å². The van der Waals surface area contributed by atoms with Crippen molar-refractivity contribution >= 4 is 6.29 Å². The topological polar surface area (TPSA) is 38.8 Å². The predicted octanol–water partition coefficient (Wildman–Crippen LogP) is 4.60. The third kappa shape index (κ3) is 4.31. The van der Waals surface area contributed by atoms with Gasteiger partial charge in [0.05, 0.1) is 12.2 Å². The molecule has 0 saturated carbocycles. The molecule has 1 saturated heterocycles. The van der Waals surface area contributed by atoms with Crippen molar-refractivity contribution in [3.05, 3.63) is 59.2 Å². The number of likely N-dealkylation sites (tertiary alicyclic amines) is 1. The summed E-state index contributed by atoms with van der Waals surface area (Å²) in [5.41, 5.74) is 0.841. The molecule has 1 fully saturated rings. The third-order valence-corrected chi connectivity index (χ3v) is 6.06. The van der Waals surface area contributed by atoms with E-state index in [1.807, 2.05) is 12.1 Å². The molecule has 4 rings (SSSR count). The van der Waals surface area contributed by atoms with Gasteiger partial charge < -0.3 is 19.2 Å². The highest BCUT2D eigenvalue weighted by atomic mass is 19.4. The molecule has 2 aliphatic rings. The average Bonchev–Trinajstić information content (AvgIpc) is 3.09. The Bertz CT molecular complexity index is 905. The van der Waals surface area contributed by atoms with Gasteiger partial charge in [0.25, 0.3) is 0 Å². The summed E-state index contributed by atoms with van der Waals surface area (Å²) in [4.78, 5) is 12.9. The Morgan fingerprint density at radius 1 is 1.13 bits per heavy atom. The van der Waals surface area contributed by atoms with E-state index in [2.05, 4.69) is 4.90 Å². The number of carbonyl (C=O) groups excluding carboxylic acids is 1. The quantitative estimate of drug-likeness (QED) is 0.642. The Balaban J connectivity index is 1.45. The molecule has 0 aromatic heterocycles. The van der Waals surface area contributed by atoms with E-state index < -0.39 is 11.7 Å². The van der Waals surface area contributed by atoms with Crippen molar-refractivity contribution in [2.24, 2.45) is 0 Å². The molecule has 0 aliphatic carbocycles. The minimum atomic E-state index is -4.37. The van der Waals surface area contributed by atoms with Crippen LogP contribution in [0.25, 0.3) is 0 Å². The summed E-state index contributed by atoms with van der Waals surface area (Å²) in [5.74, 6) is 1.47. The molecule has 0 bridgehead atoms. The zero-order chi connectivity index (χ0) is 21.2. The number of benzene rings is 2. The van der Waals surface area contributed by atoms with Crippen molar-refractivity contribution in [3.63, 3.8) is 0 Å². The second-order valence-corrected chi connectivity index (χ2v) is 8.01. The summed E-state index contributed by atoms with van der Waals surface area (Å²) in [6.45, 7) is 3.29. The number of rotatable bonds is 6. The summed E-state index contributed by atoms with van der Waals surface area (Å²) >= 11 is 0. The number of aldehydes is 1. The van der Waals surface area contributed by atoms with Gasteiger partial charge in [0.1, 0.15) is 24.4 Å². The van der Waals surface area contributed by atoms with Crippen LogP contribution in [0.1, 0.15) is 36.0 Å². The maximum atomic E-state index is 12.9. The maximum absolute atomic E-state index is 12.9. The van der Waals surface area contributed by atoms with Crippen LogP contribution in [-0.2, 0) is 23.0 Å². The van der Waals surface area contributed by atoms with Crippen LogP contribution in [0.15, 0.2) is 42.5 Å². The van der Waals surface area contributed by atoms with E-state index in [9.17, 15) is 18.0 Å². The zero-order valence-corrected chi connectivity index (χ0v) is 16.6. The Morgan fingerprint density at radius 2 is 1.93 bits per heavy atom. The highest BCUT2D eigenvalue weighted by molar-refractivity contribution is 5.50. The summed E-state index contributed by atoms with van der Waals surface area (Å²) in [6.07, 6.45) is -0.986. The van der Waals surface area contributed by atoms with Crippen LogP contribution in [0, 0.1) is 0 Å². The second-order valence-electron chi connectivity index (χ2n) is 8.01. The first-order valence-corrected chi connectivity index (χ1v) is 10.1. The van der Waals surface area contributed by atoms with Crippen LogP contribution >= 0.6 is 0 Å². The molecule has 4 nitrogen and oxygen atoms in total. The Labute approximate surface area is 173 Å². The normalized spacial score (nSPS) is 18.1. The van der Waals surface area contributed by atoms with Crippen molar-refractivity contribution in [1.29, 1.82) is 0 Å². The number of alkyl halides is 3. The fourth-order valence-electron chi connectivity index (χ4n) is 4.29.